The SMILES string of the molecule is CC.Cc1cnc(-c2cc(N3CCc4nc(N5CCCC5)sc4C3=O)ncc2Cl)c(C)c1. The largest absolute Gasteiger partial charge is 0.348 e. The zero-order chi connectivity index (χ0) is 22.8. The van der Waals surface area contributed by atoms with Crippen molar-refractivity contribution in [3.05, 3.63) is 51.2 Å². The average Bonchev–Trinajstić information content (AvgIpc) is 3.47. The van der Waals surface area contributed by atoms with Crippen LogP contribution in [0.3, 0.4) is 0 Å². The molecule has 0 N–H and O–H groups in total. The molecule has 0 bridgehead atoms. The molecule has 0 spiro atoms. The summed E-state index contributed by atoms with van der Waals surface area (Å²) in [6.07, 6.45) is 6.54. The van der Waals surface area contributed by atoms with E-state index in [1.54, 1.807) is 11.1 Å². The molecule has 1 amide bonds. The van der Waals surface area contributed by atoms with Crippen molar-refractivity contribution >= 4 is 39.8 Å². The number of fused-ring (bicyclic) bond motifs is 1. The van der Waals surface area contributed by atoms with E-state index in [9.17, 15) is 4.79 Å². The van der Waals surface area contributed by atoms with Crippen molar-refractivity contribution in [3.63, 3.8) is 0 Å². The number of hydrogen-bond acceptors (Lipinski definition) is 6. The lowest BCUT2D eigenvalue weighted by atomic mass is 10.1. The lowest BCUT2D eigenvalue weighted by Gasteiger charge is -2.25. The maximum Gasteiger partial charge on any atom is 0.271 e. The maximum absolute atomic E-state index is 13.3. The summed E-state index contributed by atoms with van der Waals surface area (Å²) in [4.78, 5) is 31.8. The number of nitrogens with zero attached hydrogens (tertiary/aromatic N) is 5. The van der Waals surface area contributed by atoms with E-state index in [0.29, 0.717) is 17.4 Å². The molecule has 1 saturated heterocycles. The predicted molar refractivity (Wildman–Crippen MR) is 132 cm³/mol. The van der Waals surface area contributed by atoms with Crippen LogP contribution in [0.2, 0.25) is 5.02 Å². The van der Waals surface area contributed by atoms with Crippen LogP contribution >= 0.6 is 22.9 Å². The molecule has 5 rings (SSSR count). The Bertz CT molecular complexity index is 1140. The molecule has 3 aromatic rings. The van der Waals surface area contributed by atoms with E-state index in [1.807, 2.05) is 40.0 Å². The van der Waals surface area contributed by atoms with Crippen LogP contribution in [-0.2, 0) is 6.42 Å². The number of carbonyl (C=O) groups is 1. The van der Waals surface area contributed by atoms with Crippen LogP contribution in [-0.4, -0.2) is 40.5 Å². The summed E-state index contributed by atoms with van der Waals surface area (Å²) in [6.45, 7) is 10.6. The minimum absolute atomic E-state index is 0.0337. The first kappa shape index (κ1) is 22.7. The van der Waals surface area contributed by atoms with Gasteiger partial charge in [0.15, 0.2) is 5.13 Å². The fraction of sp³-hybridized carbons (Fsp3) is 0.417. The summed E-state index contributed by atoms with van der Waals surface area (Å²) in [7, 11) is 0. The smallest absolute Gasteiger partial charge is 0.271 e. The third-order valence-corrected chi connectivity index (χ3v) is 7.11. The summed E-state index contributed by atoms with van der Waals surface area (Å²) < 4.78 is 0. The highest BCUT2D eigenvalue weighted by Crippen LogP contribution is 2.36. The molecule has 0 unspecified atom stereocenters. The van der Waals surface area contributed by atoms with Crippen LogP contribution in [0.4, 0.5) is 10.9 Å². The van der Waals surface area contributed by atoms with E-state index in [4.69, 9.17) is 16.6 Å². The Morgan fingerprint density at radius 1 is 1.03 bits per heavy atom. The van der Waals surface area contributed by atoms with E-state index in [-0.39, 0.29) is 5.91 Å². The third-order valence-electron chi connectivity index (χ3n) is 5.66. The van der Waals surface area contributed by atoms with Crippen LogP contribution in [0, 0.1) is 13.8 Å². The number of halogens is 1. The first-order valence-corrected chi connectivity index (χ1v) is 12.4. The van der Waals surface area contributed by atoms with Crippen LogP contribution in [0.1, 0.15) is 53.2 Å². The van der Waals surface area contributed by atoms with Crippen molar-refractivity contribution in [2.75, 3.05) is 29.4 Å². The molecule has 32 heavy (non-hydrogen) atoms. The van der Waals surface area contributed by atoms with Gasteiger partial charge < -0.3 is 4.90 Å². The van der Waals surface area contributed by atoms with E-state index in [0.717, 1.165) is 57.6 Å². The van der Waals surface area contributed by atoms with Crippen molar-refractivity contribution in [1.29, 1.82) is 0 Å². The van der Waals surface area contributed by atoms with E-state index in [2.05, 4.69) is 20.9 Å². The van der Waals surface area contributed by atoms with Gasteiger partial charge in [0.1, 0.15) is 10.7 Å². The lowest BCUT2D eigenvalue weighted by molar-refractivity contribution is 0.0983. The van der Waals surface area contributed by atoms with Crippen molar-refractivity contribution in [2.24, 2.45) is 0 Å². The van der Waals surface area contributed by atoms with Crippen LogP contribution < -0.4 is 9.80 Å². The molecule has 6 nitrogen and oxygen atoms in total. The molecule has 1 fully saturated rings. The van der Waals surface area contributed by atoms with Gasteiger partial charge in [-0.1, -0.05) is 42.9 Å². The summed E-state index contributed by atoms with van der Waals surface area (Å²) >= 11 is 7.96. The highest BCUT2D eigenvalue weighted by Gasteiger charge is 2.32. The number of pyridine rings is 2. The van der Waals surface area contributed by atoms with Crippen molar-refractivity contribution < 1.29 is 4.79 Å². The number of carbonyl (C=O) groups excluding carboxylic acids is 1. The van der Waals surface area contributed by atoms with Crippen molar-refractivity contribution in [3.8, 4) is 11.3 Å². The summed E-state index contributed by atoms with van der Waals surface area (Å²) in [5.41, 5.74) is 4.65. The molecule has 2 aliphatic heterocycles. The molecule has 0 saturated carbocycles. The number of aryl methyl sites for hydroxylation is 2. The Hall–Kier alpha value is -2.51. The summed E-state index contributed by atoms with van der Waals surface area (Å²) in [5, 5.41) is 1.49. The van der Waals surface area contributed by atoms with Gasteiger partial charge in [0, 0.05) is 44.0 Å². The van der Waals surface area contributed by atoms with Gasteiger partial charge in [-0.2, -0.15) is 0 Å². The molecule has 5 heterocycles. The molecule has 2 aliphatic rings. The lowest BCUT2D eigenvalue weighted by Crippen LogP contribution is -2.37. The molecule has 0 aromatic carbocycles. The summed E-state index contributed by atoms with van der Waals surface area (Å²) in [5.74, 6) is 0.566. The highest BCUT2D eigenvalue weighted by atomic mass is 35.5. The quantitative estimate of drug-likeness (QED) is 0.492. The van der Waals surface area contributed by atoms with Gasteiger partial charge in [-0.25, -0.2) is 9.97 Å². The highest BCUT2D eigenvalue weighted by molar-refractivity contribution is 7.17. The second kappa shape index (κ2) is 9.55. The van der Waals surface area contributed by atoms with Crippen LogP contribution in [0.5, 0.6) is 0 Å². The Balaban J connectivity index is 0.00000119. The Morgan fingerprint density at radius 2 is 1.78 bits per heavy atom. The first-order chi connectivity index (χ1) is 15.5. The summed E-state index contributed by atoms with van der Waals surface area (Å²) in [6, 6.07) is 3.95. The maximum atomic E-state index is 13.3. The Labute approximate surface area is 198 Å². The van der Waals surface area contributed by atoms with Crippen LogP contribution in [0.15, 0.2) is 24.5 Å². The van der Waals surface area contributed by atoms with E-state index >= 15 is 0 Å². The van der Waals surface area contributed by atoms with Gasteiger partial charge in [0.05, 0.1) is 16.4 Å². The van der Waals surface area contributed by atoms with E-state index in [1.165, 1.54) is 24.2 Å². The second-order valence-corrected chi connectivity index (χ2v) is 9.26. The van der Waals surface area contributed by atoms with Crippen LogP contribution in [0.25, 0.3) is 11.3 Å². The fourth-order valence-electron chi connectivity index (χ4n) is 4.13. The Kier molecular flexibility index (Phi) is 6.76. The van der Waals surface area contributed by atoms with Gasteiger partial charge in [-0.3, -0.25) is 14.7 Å². The number of amides is 1. The zero-order valence-corrected chi connectivity index (χ0v) is 20.6. The molecular formula is C24H28ClN5OS. The second-order valence-electron chi connectivity index (χ2n) is 7.87. The minimum Gasteiger partial charge on any atom is -0.348 e. The predicted octanol–water partition coefficient (Wildman–Crippen LogP) is 5.70. The molecule has 0 aliphatic carbocycles. The van der Waals surface area contributed by atoms with E-state index < -0.39 is 0 Å². The van der Waals surface area contributed by atoms with Gasteiger partial charge in [-0.05, 0) is 43.9 Å². The average molecular weight is 470 g/mol. The van der Waals surface area contributed by atoms with Crippen molar-refractivity contribution in [2.45, 2.75) is 47.0 Å². The number of hydrogen-bond donors (Lipinski definition) is 0. The molecule has 3 aromatic heterocycles. The minimum atomic E-state index is -0.0337. The van der Waals surface area contributed by atoms with Gasteiger partial charge in [0.25, 0.3) is 5.91 Å². The molecular weight excluding hydrogens is 442 g/mol. The monoisotopic (exact) mass is 469 g/mol. The zero-order valence-electron chi connectivity index (χ0n) is 19.0. The fourth-order valence-corrected chi connectivity index (χ4v) is 5.44. The number of thiazole rings is 1. The molecule has 168 valence electrons. The Morgan fingerprint density at radius 3 is 2.50 bits per heavy atom. The standard InChI is InChI=1S/C22H22ClN5OS.C2H6/c1-13-9-14(2)19(25-11-13)15-10-18(24-12-16(15)23)28-8-5-17-20(21(28)29)30-22(26-17)27-6-3-4-7-27;1-2/h9-12H,3-8H2,1-2H3;1-2H3. The topological polar surface area (TPSA) is 62.2 Å². The normalized spacial score (nSPS) is 15.5. The third kappa shape index (κ3) is 4.24. The number of anilines is 2. The van der Waals surface area contributed by atoms with Crippen molar-refractivity contribution in [1.82, 2.24) is 15.0 Å². The number of aromatic nitrogens is 3. The molecule has 0 radical (unpaired) electrons. The first-order valence-electron chi connectivity index (χ1n) is 11.2. The van der Waals surface area contributed by atoms with Gasteiger partial charge in [-0.15, -0.1) is 0 Å². The van der Waals surface area contributed by atoms with Gasteiger partial charge in [0.2, 0.25) is 0 Å². The molecule has 0 atom stereocenters. The number of rotatable bonds is 3. The molecule has 8 heteroatoms. The van der Waals surface area contributed by atoms with Gasteiger partial charge >= 0.3 is 0 Å².